The van der Waals surface area contributed by atoms with Crippen LogP contribution in [0.25, 0.3) is 10.6 Å². The Morgan fingerprint density at radius 1 is 1.32 bits per heavy atom. The fourth-order valence-corrected chi connectivity index (χ4v) is 2.71. The van der Waals surface area contributed by atoms with Gasteiger partial charge in [-0.3, -0.25) is 14.9 Å². The summed E-state index contributed by atoms with van der Waals surface area (Å²) in [5, 5.41) is 14.6. The molecule has 2 amide bonds. The molecule has 1 aromatic heterocycles. The third-order valence-corrected chi connectivity index (χ3v) is 4.31. The van der Waals surface area contributed by atoms with Gasteiger partial charge < -0.3 is 11.1 Å². The zero-order chi connectivity index (χ0) is 17.7. The Hall–Kier alpha value is -1.74. The Balaban J connectivity index is 0.00000312. The summed E-state index contributed by atoms with van der Waals surface area (Å²) in [7, 11) is 0. The summed E-state index contributed by atoms with van der Waals surface area (Å²) in [5.74, 6) is -0.762. The molecule has 7 nitrogen and oxygen atoms in total. The first-order valence-corrected chi connectivity index (χ1v) is 8.49. The van der Waals surface area contributed by atoms with Crippen LogP contribution in [-0.2, 0) is 9.59 Å². The molecular weight excluding hydrogens is 385 g/mol. The van der Waals surface area contributed by atoms with Gasteiger partial charge in [-0.2, -0.15) is 0 Å². The summed E-state index contributed by atoms with van der Waals surface area (Å²) in [6.45, 7) is 3.50. The summed E-state index contributed by atoms with van der Waals surface area (Å²) in [5.41, 5.74) is 6.52. The van der Waals surface area contributed by atoms with Crippen molar-refractivity contribution >= 4 is 52.3 Å². The van der Waals surface area contributed by atoms with Crippen LogP contribution in [0.2, 0.25) is 5.02 Å². The highest BCUT2D eigenvalue weighted by molar-refractivity contribution is 7.18. The van der Waals surface area contributed by atoms with E-state index >= 15 is 0 Å². The second kappa shape index (κ2) is 9.67. The van der Waals surface area contributed by atoms with Gasteiger partial charge in [0.2, 0.25) is 16.9 Å². The number of nitrogens with zero attached hydrogens (tertiary/aromatic N) is 2. The fraction of sp³-hybridized carbons (Fsp3) is 0.333. The largest absolute Gasteiger partial charge is 0.346 e. The van der Waals surface area contributed by atoms with E-state index < -0.39 is 11.9 Å². The summed E-state index contributed by atoms with van der Waals surface area (Å²) in [4.78, 5) is 23.6. The number of aromatic nitrogens is 2. The van der Waals surface area contributed by atoms with Gasteiger partial charge in [0.1, 0.15) is 5.01 Å². The van der Waals surface area contributed by atoms with Crippen LogP contribution < -0.4 is 16.4 Å². The monoisotopic (exact) mass is 403 g/mol. The molecule has 0 fully saturated rings. The van der Waals surface area contributed by atoms with E-state index in [1.807, 2.05) is 26.0 Å². The van der Waals surface area contributed by atoms with Crippen LogP contribution in [0.4, 0.5) is 5.13 Å². The lowest BCUT2D eigenvalue weighted by Crippen LogP contribution is -2.46. The molecule has 1 atom stereocenters. The van der Waals surface area contributed by atoms with Gasteiger partial charge in [0.15, 0.2) is 0 Å². The minimum absolute atomic E-state index is 0. The average molecular weight is 404 g/mol. The van der Waals surface area contributed by atoms with Crippen molar-refractivity contribution in [2.45, 2.75) is 19.9 Å². The number of nitrogens with two attached hydrogens (primary N) is 1. The molecule has 0 aliphatic heterocycles. The Bertz CT molecular complexity index is 738. The van der Waals surface area contributed by atoms with E-state index in [1.165, 1.54) is 11.3 Å². The number of nitrogens with one attached hydrogen (secondary N) is 2. The molecule has 1 heterocycles. The lowest BCUT2D eigenvalue weighted by molar-refractivity contribution is -0.125. The Labute approximate surface area is 160 Å². The minimum Gasteiger partial charge on any atom is -0.346 e. The quantitative estimate of drug-likeness (QED) is 0.685. The van der Waals surface area contributed by atoms with Crippen molar-refractivity contribution in [3.05, 3.63) is 29.3 Å². The third-order valence-electron chi connectivity index (χ3n) is 3.19. The van der Waals surface area contributed by atoms with Crippen molar-refractivity contribution < 1.29 is 9.59 Å². The molecule has 0 radical (unpaired) electrons. The highest BCUT2D eigenvalue weighted by Gasteiger charge is 2.18. The first-order chi connectivity index (χ1) is 11.4. The van der Waals surface area contributed by atoms with Gasteiger partial charge in [-0.1, -0.05) is 48.9 Å². The van der Waals surface area contributed by atoms with E-state index in [1.54, 1.807) is 12.1 Å². The molecule has 25 heavy (non-hydrogen) atoms. The van der Waals surface area contributed by atoms with Crippen LogP contribution in [0, 0.1) is 5.92 Å². The zero-order valence-corrected chi connectivity index (χ0v) is 16.0. The summed E-state index contributed by atoms with van der Waals surface area (Å²) < 4.78 is 0. The maximum Gasteiger partial charge on any atom is 0.245 e. The van der Waals surface area contributed by atoms with E-state index in [4.69, 9.17) is 17.3 Å². The third kappa shape index (κ3) is 6.24. The van der Waals surface area contributed by atoms with E-state index in [0.717, 1.165) is 5.56 Å². The van der Waals surface area contributed by atoms with Crippen molar-refractivity contribution in [3.8, 4) is 10.6 Å². The summed E-state index contributed by atoms with van der Waals surface area (Å²) in [6.07, 6.45) is 0. The van der Waals surface area contributed by atoms with Gasteiger partial charge in [-0.15, -0.1) is 22.6 Å². The molecule has 0 aliphatic carbocycles. The number of hydrogen-bond donors (Lipinski definition) is 3. The molecule has 2 aromatic rings. The van der Waals surface area contributed by atoms with Crippen molar-refractivity contribution in [1.29, 1.82) is 0 Å². The molecule has 4 N–H and O–H groups in total. The number of anilines is 1. The predicted octanol–water partition coefficient (Wildman–Crippen LogP) is 2.32. The Kier molecular flexibility index (Phi) is 8.24. The molecule has 1 aromatic carbocycles. The van der Waals surface area contributed by atoms with Gasteiger partial charge in [0.25, 0.3) is 0 Å². The van der Waals surface area contributed by atoms with Crippen molar-refractivity contribution in [1.82, 2.24) is 15.5 Å². The Morgan fingerprint density at radius 3 is 2.68 bits per heavy atom. The smallest absolute Gasteiger partial charge is 0.245 e. The van der Waals surface area contributed by atoms with Crippen LogP contribution >= 0.6 is 35.3 Å². The standard InChI is InChI=1S/C15H18ClN5O2S.ClH/c1-8(2)12(17)13(23)18-7-11(22)19-15-21-20-14(24-15)9-4-3-5-10(16)6-9;/h3-6,8,12H,7,17H2,1-2H3,(H,18,23)(H,19,21,22);1H/t12-;/m0./s1. The van der Waals surface area contributed by atoms with E-state index in [9.17, 15) is 9.59 Å². The van der Waals surface area contributed by atoms with Crippen LogP contribution in [0.3, 0.4) is 0 Å². The summed E-state index contributed by atoms with van der Waals surface area (Å²) in [6, 6.07) is 6.55. The van der Waals surface area contributed by atoms with E-state index in [-0.39, 0.29) is 30.8 Å². The summed E-state index contributed by atoms with van der Waals surface area (Å²) >= 11 is 7.16. The lowest BCUT2D eigenvalue weighted by Gasteiger charge is -2.14. The highest BCUT2D eigenvalue weighted by Crippen LogP contribution is 2.27. The molecule has 0 spiro atoms. The maximum absolute atomic E-state index is 11.9. The number of hydrogen-bond acceptors (Lipinski definition) is 6. The number of rotatable bonds is 6. The number of carbonyl (C=O) groups excluding carboxylic acids is 2. The maximum atomic E-state index is 11.9. The number of carbonyl (C=O) groups is 2. The van der Waals surface area contributed by atoms with Crippen LogP contribution in [-0.4, -0.2) is 34.6 Å². The second-order valence-corrected chi connectivity index (χ2v) is 6.87. The fourth-order valence-electron chi connectivity index (χ4n) is 1.76. The SMILES string of the molecule is CC(C)[C@H](N)C(=O)NCC(=O)Nc1nnc(-c2cccc(Cl)c2)s1.Cl. The Morgan fingerprint density at radius 2 is 2.04 bits per heavy atom. The molecule has 0 saturated carbocycles. The molecule has 0 bridgehead atoms. The molecule has 0 saturated heterocycles. The van der Waals surface area contributed by atoms with Gasteiger partial charge >= 0.3 is 0 Å². The molecular formula is C15H19Cl2N5O2S. The predicted molar refractivity (Wildman–Crippen MR) is 102 cm³/mol. The van der Waals surface area contributed by atoms with Crippen molar-refractivity contribution in [2.75, 3.05) is 11.9 Å². The van der Waals surface area contributed by atoms with Crippen LogP contribution in [0.5, 0.6) is 0 Å². The molecule has 0 aliphatic rings. The van der Waals surface area contributed by atoms with Crippen molar-refractivity contribution in [3.63, 3.8) is 0 Å². The second-order valence-electron chi connectivity index (χ2n) is 5.46. The van der Waals surface area contributed by atoms with Gasteiger partial charge in [0.05, 0.1) is 12.6 Å². The molecule has 2 rings (SSSR count). The van der Waals surface area contributed by atoms with Gasteiger partial charge in [0, 0.05) is 10.6 Å². The van der Waals surface area contributed by atoms with Gasteiger partial charge in [-0.05, 0) is 18.1 Å². The molecule has 0 unspecified atom stereocenters. The first kappa shape index (κ1) is 21.3. The lowest BCUT2D eigenvalue weighted by atomic mass is 10.1. The normalized spacial score (nSPS) is 11.6. The molecule has 10 heteroatoms. The van der Waals surface area contributed by atoms with Crippen LogP contribution in [0.15, 0.2) is 24.3 Å². The molecule has 136 valence electrons. The number of benzene rings is 1. The van der Waals surface area contributed by atoms with Gasteiger partial charge in [-0.25, -0.2) is 0 Å². The van der Waals surface area contributed by atoms with Crippen LogP contribution in [0.1, 0.15) is 13.8 Å². The number of halogens is 2. The zero-order valence-electron chi connectivity index (χ0n) is 13.7. The van der Waals surface area contributed by atoms with E-state index in [0.29, 0.717) is 15.2 Å². The van der Waals surface area contributed by atoms with E-state index in [2.05, 4.69) is 20.8 Å². The number of amides is 2. The average Bonchev–Trinajstić information content (AvgIpc) is 3.00. The first-order valence-electron chi connectivity index (χ1n) is 7.29. The topological polar surface area (TPSA) is 110 Å². The minimum atomic E-state index is -0.645. The highest BCUT2D eigenvalue weighted by atomic mass is 35.5. The van der Waals surface area contributed by atoms with Crippen molar-refractivity contribution in [2.24, 2.45) is 11.7 Å².